The number of aromatic nitrogens is 6. The van der Waals surface area contributed by atoms with E-state index in [-0.39, 0.29) is 5.82 Å². The van der Waals surface area contributed by atoms with Crippen LogP contribution in [-0.4, -0.2) is 43.2 Å². The van der Waals surface area contributed by atoms with Crippen molar-refractivity contribution >= 4 is 27.6 Å². The maximum atomic E-state index is 14.0. The molecule has 3 N–H and O–H groups in total. The van der Waals surface area contributed by atoms with Crippen LogP contribution in [0.2, 0.25) is 0 Å². The minimum Gasteiger partial charge on any atom is -0.335 e. The smallest absolute Gasteiger partial charge is 0.161 e. The van der Waals surface area contributed by atoms with Crippen LogP contribution in [0.15, 0.2) is 48.8 Å². The molecule has 0 saturated carbocycles. The van der Waals surface area contributed by atoms with Gasteiger partial charge in [0.25, 0.3) is 0 Å². The highest BCUT2D eigenvalue weighted by molar-refractivity contribution is 5.95. The molecule has 0 aliphatic carbocycles. The van der Waals surface area contributed by atoms with Crippen molar-refractivity contribution in [1.82, 2.24) is 35.5 Å². The molecule has 0 fully saturated rings. The van der Waals surface area contributed by atoms with E-state index in [2.05, 4.69) is 31.6 Å². The zero-order chi connectivity index (χ0) is 21.7. The van der Waals surface area contributed by atoms with Crippen LogP contribution in [0.1, 0.15) is 17.7 Å². The minimum atomic E-state index is -0.282. The molecule has 0 unspecified atom stereocenters. The summed E-state index contributed by atoms with van der Waals surface area (Å²) in [7, 11) is 0. The number of pyridine rings is 2. The van der Waals surface area contributed by atoms with E-state index in [4.69, 9.17) is 9.97 Å². The SMILES string of the molecule is Cc1cc(F)cc(-c2cncc3[nH]c(-c4n[nH]c5ccc(C6=CCNCC6)nc45)nc23)c1. The van der Waals surface area contributed by atoms with Crippen LogP contribution in [0.4, 0.5) is 4.39 Å². The fourth-order valence-electron chi connectivity index (χ4n) is 4.25. The van der Waals surface area contributed by atoms with E-state index < -0.39 is 0 Å². The first-order valence-corrected chi connectivity index (χ1v) is 10.5. The fourth-order valence-corrected chi connectivity index (χ4v) is 4.25. The minimum absolute atomic E-state index is 0.282. The first-order valence-electron chi connectivity index (χ1n) is 10.5. The number of hydrogen-bond acceptors (Lipinski definition) is 5. The number of H-pyrrole nitrogens is 2. The Kier molecular flexibility index (Phi) is 4.32. The average molecular weight is 425 g/mol. The van der Waals surface area contributed by atoms with Gasteiger partial charge in [0.15, 0.2) is 11.5 Å². The molecule has 4 aromatic heterocycles. The zero-order valence-electron chi connectivity index (χ0n) is 17.4. The molecule has 7 nitrogen and oxygen atoms in total. The van der Waals surface area contributed by atoms with E-state index >= 15 is 0 Å². The Morgan fingerprint density at radius 3 is 2.78 bits per heavy atom. The average Bonchev–Trinajstić information content (AvgIpc) is 3.42. The zero-order valence-corrected chi connectivity index (χ0v) is 17.4. The van der Waals surface area contributed by atoms with Gasteiger partial charge in [-0.2, -0.15) is 5.10 Å². The Labute approximate surface area is 182 Å². The third-order valence-electron chi connectivity index (χ3n) is 5.77. The van der Waals surface area contributed by atoms with Crippen molar-refractivity contribution in [3.63, 3.8) is 0 Å². The van der Waals surface area contributed by atoms with Gasteiger partial charge in [-0.05, 0) is 60.9 Å². The van der Waals surface area contributed by atoms with Crippen molar-refractivity contribution in [2.45, 2.75) is 13.3 Å². The lowest BCUT2D eigenvalue weighted by atomic mass is 10.0. The third kappa shape index (κ3) is 3.16. The largest absolute Gasteiger partial charge is 0.335 e. The van der Waals surface area contributed by atoms with E-state index in [9.17, 15) is 4.39 Å². The maximum absolute atomic E-state index is 14.0. The predicted molar refractivity (Wildman–Crippen MR) is 122 cm³/mol. The summed E-state index contributed by atoms with van der Waals surface area (Å²) in [5, 5.41) is 10.9. The quantitative estimate of drug-likeness (QED) is 0.399. The topological polar surface area (TPSA) is 95.2 Å². The summed E-state index contributed by atoms with van der Waals surface area (Å²) in [6, 6.07) is 8.96. The van der Waals surface area contributed by atoms with Crippen molar-refractivity contribution in [1.29, 1.82) is 0 Å². The molecule has 5 aromatic rings. The van der Waals surface area contributed by atoms with Crippen molar-refractivity contribution in [3.8, 4) is 22.6 Å². The lowest BCUT2D eigenvalue weighted by Crippen LogP contribution is -2.20. The molecule has 0 radical (unpaired) electrons. The number of fused-ring (bicyclic) bond motifs is 2. The number of aryl methyl sites for hydroxylation is 1. The van der Waals surface area contributed by atoms with Crippen LogP contribution < -0.4 is 5.32 Å². The Morgan fingerprint density at radius 2 is 1.94 bits per heavy atom. The van der Waals surface area contributed by atoms with Gasteiger partial charge in [-0.3, -0.25) is 10.1 Å². The first-order chi connectivity index (χ1) is 15.7. The molecular weight excluding hydrogens is 405 g/mol. The van der Waals surface area contributed by atoms with Gasteiger partial charge in [-0.25, -0.2) is 14.4 Å². The van der Waals surface area contributed by atoms with E-state index in [1.165, 1.54) is 17.7 Å². The molecule has 0 atom stereocenters. The number of nitrogens with zero attached hydrogens (tertiary/aromatic N) is 4. The van der Waals surface area contributed by atoms with Gasteiger partial charge in [0.2, 0.25) is 0 Å². The van der Waals surface area contributed by atoms with Gasteiger partial charge in [-0.1, -0.05) is 12.1 Å². The van der Waals surface area contributed by atoms with Crippen molar-refractivity contribution in [2.75, 3.05) is 13.1 Å². The molecule has 8 heteroatoms. The van der Waals surface area contributed by atoms with Crippen molar-refractivity contribution < 1.29 is 4.39 Å². The Bertz CT molecular complexity index is 1490. The summed E-state index contributed by atoms with van der Waals surface area (Å²) in [5.41, 5.74) is 8.26. The first kappa shape index (κ1) is 18.8. The van der Waals surface area contributed by atoms with Crippen LogP contribution in [0.25, 0.3) is 50.3 Å². The molecule has 0 saturated heterocycles. The van der Waals surface area contributed by atoms with Crippen LogP contribution >= 0.6 is 0 Å². The van der Waals surface area contributed by atoms with Crippen LogP contribution in [-0.2, 0) is 0 Å². The summed E-state index contributed by atoms with van der Waals surface area (Å²) in [4.78, 5) is 17.4. The van der Waals surface area contributed by atoms with E-state index in [1.54, 1.807) is 12.4 Å². The monoisotopic (exact) mass is 425 g/mol. The molecule has 6 rings (SSSR count). The van der Waals surface area contributed by atoms with Gasteiger partial charge >= 0.3 is 0 Å². The number of hydrogen-bond donors (Lipinski definition) is 3. The van der Waals surface area contributed by atoms with Crippen LogP contribution in [0.5, 0.6) is 0 Å². The molecule has 1 aliphatic rings. The third-order valence-corrected chi connectivity index (χ3v) is 5.77. The summed E-state index contributed by atoms with van der Waals surface area (Å²) < 4.78 is 14.0. The maximum Gasteiger partial charge on any atom is 0.161 e. The number of rotatable bonds is 3. The highest BCUT2D eigenvalue weighted by atomic mass is 19.1. The molecule has 0 spiro atoms. The standard InChI is InChI=1S/C24H20FN7/c1-13-8-15(10-16(25)9-13)17-11-27-12-20-21(17)30-24(29-20)23-22-19(31-32-23)3-2-18(28-22)14-4-6-26-7-5-14/h2-4,8-12,26H,5-7H2,1H3,(H,29,30)(H,31,32). The van der Waals surface area contributed by atoms with E-state index in [1.807, 2.05) is 25.1 Å². The van der Waals surface area contributed by atoms with Gasteiger partial charge in [-0.15, -0.1) is 0 Å². The summed E-state index contributed by atoms with van der Waals surface area (Å²) >= 11 is 0. The normalized spacial score (nSPS) is 14.2. The summed E-state index contributed by atoms with van der Waals surface area (Å²) in [6.07, 6.45) is 6.55. The highest BCUT2D eigenvalue weighted by Gasteiger charge is 2.18. The fraction of sp³-hybridized carbons (Fsp3) is 0.167. The van der Waals surface area contributed by atoms with E-state index in [0.717, 1.165) is 58.4 Å². The van der Waals surface area contributed by atoms with Gasteiger partial charge in [0.1, 0.15) is 11.3 Å². The lowest BCUT2D eigenvalue weighted by molar-refractivity contribution is 0.627. The van der Waals surface area contributed by atoms with Gasteiger partial charge in [0.05, 0.1) is 28.4 Å². The number of halogens is 1. The van der Waals surface area contributed by atoms with Crippen molar-refractivity contribution in [3.05, 3.63) is 65.9 Å². The number of aromatic amines is 2. The molecule has 158 valence electrons. The second kappa shape index (κ2) is 7.35. The Balaban J connectivity index is 1.49. The molecular formula is C24H20FN7. The summed E-state index contributed by atoms with van der Waals surface area (Å²) in [6.45, 7) is 3.67. The molecule has 1 aromatic carbocycles. The molecule has 0 bridgehead atoms. The molecule has 32 heavy (non-hydrogen) atoms. The van der Waals surface area contributed by atoms with E-state index in [0.29, 0.717) is 17.0 Å². The molecule has 5 heterocycles. The van der Waals surface area contributed by atoms with Crippen LogP contribution in [0, 0.1) is 12.7 Å². The van der Waals surface area contributed by atoms with Gasteiger partial charge in [0, 0.05) is 18.3 Å². The van der Waals surface area contributed by atoms with Crippen LogP contribution in [0.3, 0.4) is 0 Å². The second-order valence-corrected chi connectivity index (χ2v) is 8.03. The predicted octanol–water partition coefficient (Wildman–Crippen LogP) is 4.39. The highest BCUT2D eigenvalue weighted by Crippen LogP contribution is 2.31. The Morgan fingerprint density at radius 1 is 1.00 bits per heavy atom. The lowest BCUT2D eigenvalue weighted by Gasteiger charge is -2.13. The Hall–Kier alpha value is -3.91. The number of benzene rings is 1. The molecule has 0 amide bonds. The molecule has 1 aliphatic heterocycles. The summed E-state index contributed by atoms with van der Waals surface area (Å²) in [5.74, 6) is 0.313. The number of nitrogens with one attached hydrogen (secondary N) is 3. The second-order valence-electron chi connectivity index (χ2n) is 8.03. The van der Waals surface area contributed by atoms with Gasteiger partial charge < -0.3 is 10.3 Å². The number of imidazole rings is 1. The van der Waals surface area contributed by atoms with Crippen molar-refractivity contribution in [2.24, 2.45) is 0 Å².